The first-order valence-corrected chi connectivity index (χ1v) is 11.0. The number of anilines is 1. The molecule has 0 bridgehead atoms. The maximum atomic E-state index is 12.8. The lowest BCUT2D eigenvalue weighted by Gasteiger charge is -2.17. The lowest BCUT2D eigenvalue weighted by molar-refractivity contribution is -0.134. The second-order valence-corrected chi connectivity index (χ2v) is 8.55. The average Bonchev–Trinajstić information content (AvgIpc) is 2.72. The van der Waals surface area contributed by atoms with Crippen LogP contribution in [0.15, 0.2) is 71.6 Å². The molecule has 1 unspecified atom stereocenters. The van der Waals surface area contributed by atoms with Gasteiger partial charge < -0.3 is 11.1 Å². The van der Waals surface area contributed by atoms with Crippen molar-refractivity contribution in [2.75, 3.05) is 12.3 Å². The van der Waals surface area contributed by atoms with E-state index in [9.17, 15) is 18.0 Å². The van der Waals surface area contributed by atoms with E-state index in [1.807, 2.05) is 12.1 Å². The number of carbonyl (C=O) groups is 2. The summed E-state index contributed by atoms with van der Waals surface area (Å²) in [5.74, 6) is -2.63. The molecule has 0 aliphatic heterocycles. The summed E-state index contributed by atoms with van der Waals surface area (Å²) in [6, 6.07) is 18.6. The molecule has 2 amide bonds. The summed E-state index contributed by atoms with van der Waals surface area (Å²) < 4.78 is 27.6. The van der Waals surface area contributed by atoms with Gasteiger partial charge in [-0.2, -0.15) is 0 Å². The molecular weight excluding hydrogens is 402 g/mol. The zero-order valence-electron chi connectivity index (χ0n) is 16.5. The lowest BCUT2D eigenvalue weighted by atomic mass is 9.97. The van der Waals surface area contributed by atoms with Crippen molar-refractivity contribution in [1.82, 2.24) is 10.0 Å². The zero-order valence-corrected chi connectivity index (χ0v) is 17.3. The smallest absolute Gasteiger partial charge is 0.264 e. The van der Waals surface area contributed by atoms with Crippen LogP contribution in [0.1, 0.15) is 12.5 Å². The van der Waals surface area contributed by atoms with E-state index in [1.165, 1.54) is 12.1 Å². The van der Waals surface area contributed by atoms with Crippen molar-refractivity contribution < 1.29 is 18.0 Å². The van der Waals surface area contributed by atoms with Gasteiger partial charge in [0.25, 0.3) is 10.0 Å². The molecule has 0 aromatic heterocycles. The third kappa shape index (κ3) is 4.96. The monoisotopic (exact) mass is 425 g/mol. The number of nitrogens with one attached hydrogen (secondary N) is 2. The van der Waals surface area contributed by atoms with Gasteiger partial charge in [-0.15, -0.1) is 0 Å². The minimum atomic E-state index is -4.14. The molecule has 3 aromatic carbocycles. The number of carbonyl (C=O) groups excluding carboxylic acids is 2. The normalized spacial score (nSPS) is 12.3. The van der Waals surface area contributed by atoms with Crippen LogP contribution in [0.4, 0.5) is 5.69 Å². The number of benzene rings is 3. The summed E-state index contributed by atoms with van der Waals surface area (Å²) in [4.78, 5) is 25.2. The standard InChI is InChI=1S/C22H23N3O4S/c1-2-24-21(26)20(13-15-7-10-18(23)11-8-15)22(27)25-30(28,29)19-12-9-16-5-3-4-6-17(16)14-19/h3-12,14,20H,2,13,23H2,1H3,(H,24,26)(H,25,27). The Morgan fingerprint density at radius 1 is 0.933 bits per heavy atom. The van der Waals surface area contributed by atoms with E-state index in [0.29, 0.717) is 17.8 Å². The van der Waals surface area contributed by atoms with Crippen molar-refractivity contribution in [3.63, 3.8) is 0 Å². The summed E-state index contributed by atoms with van der Waals surface area (Å²) >= 11 is 0. The Morgan fingerprint density at radius 3 is 2.27 bits per heavy atom. The highest BCUT2D eigenvalue weighted by atomic mass is 32.2. The molecule has 0 aliphatic rings. The van der Waals surface area contributed by atoms with Gasteiger partial charge in [0.2, 0.25) is 11.8 Å². The third-order valence-corrected chi connectivity index (χ3v) is 6.01. The van der Waals surface area contributed by atoms with Crippen molar-refractivity contribution in [2.24, 2.45) is 5.92 Å². The molecule has 3 rings (SSSR count). The molecule has 1 atom stereocenters. The Hall–Kier alpha value is -3.39. The first-order chi connectivity index (χ1) is 14.3. The van der Waals surface area contributed by atoms with Crippen molar-refractivity contribution in [3.05, 3.63) is 72.3 Å². The van der Waals surface area contributed by atoms with E-state index < -0.39 is 27.8 Å². The third-order valence-electron chi connectivity index (χ3n) is 4.67. The molecule has 0 fully saturated rings. The van der Waals surface area contributed by atoms with Crippen molar-refractivity contribution in [1.29, 1.82) is 0 Å². The first-order valence-electron chi connectivity index (χ1n) is 9.48. The number of sulfonamides is 1. The quantitative estimate of drug-likeness (QED) is 0.396. The van der Waals surface area contributed by atoms with Crippen LogP contribution < -0.4 is 15.8 Å². The zero-order chi connectivity index (χ0) is 21.7. The molecule has 4 N–H and O–H groups in total. The molecule has 8 heteroatoms. The predicted molar refractivity (Wildman–Crippen MR) is 116 cm³/mol. The van der Waals surface area contributed by atoms with Crippen molar-refractivity contribution >= 4 is 38.3 Å². The highest BCUT2D eigenvalue weighted by molar-refractivity contribution is 7.90. The number of hydrogen-bond donors (Lipinski definition) is 3. The molecule has 0 radical (unpaired) electrons. The van der Waals surface area contributed by atoms with E-state index in [2.05, 4.69) is 10.0 Å². The Labute approximate surface area is 175 Å². The molecule has 0 spiro atoms. The van der Waals surface area contributed by atoms with Gasteiger partial charge in [0.05, 0.1) is 4.90 Å². The number of rotatable bonds is 7. The van der Waals surface area contributed by atoms with Crippen LogP contribution in [-0.4, -0.2) is 26.8 Å². The van der Waals surface area contributed by atoms with Gasteiger partial charge in [-0.25, -0.2) is 13.1 Å². The van der Waals surface area contributed by atoms with Crippen molar-refractivity contribution in [3.8, 4) is 0 Å². The second kappa shape index (κ2) is 8.96. The lowest BCUT2D eigenvalue weighted by Crippen LogP contribution is -2.44. The Morgan fingerprint density at radius 2 is 1.60 bits per heavy atom. The van der Waals surface area contributed by atoms with E-state index in [0.717, 1.165) is 10.8 Å². The van der Waals surface area contributed by atoms with Crippen LogP contribution in [0.2, 0.25) is 0 Å². The molecule has 30 heavy (non-hydrogen) atoms. The van der Waals surface area contributed by atoms with Crippen LogP contribution in [0.3, 0.4) is 0 Å². The van der Waals surface area contributed by atoms with Crippen LogP contribution in [-0.2, 0) is 26.0 Å². The summed E-state index contributed by atoms with van der Waals surface area (Å²) in [5, 5.41) is 4.20. The predicted octanol–water partition coefficient (Wildman–Crippen LogP) is 2.22. The molecule has 0 saturated heterocycles. The fourth-order valence-corrected chi connectivity index (χ4v) is 4.14. The van der Waals surface area contributed by atoms with Gasteiger partial charge in [0.1, 0.15) is 5.92 Å². The Kier molecular flexibility index (Phi) is 6.37. The Bertz CT molecular complexity index is 1170. The number of fused-ring (bicyclic) bond motifs is 1. The average molecular weight is 426 g/mol. The van der Waals surface area contributed by atoms with E-state index >= 15 is 0 Å². The van der Waals surface area contributed by atoms with Gasteiger partial charge in [-0.1, -0.05) is 42.5 Å². The van der Waals surface area contributed by atoms with Crippen LogP contribution in [0.5, 0.6) is 0 Å². The Balaban J connectivity index is 1.85. The molecule has 156 valence electrons. The van der Waals surface area contributed by atoms with Crippen LogP contribution in [0.25, 0.3) is 10.8 Å². The van der Waals surface area contributed by atoms with Gasteiger partial charge in [-0.05, 0) is 53.9 Å². The molecule has 3 aromatic rings. The number of nitrogen functional groups attached to an aromatic ring is 1. The molecule has 0 heterocycles. The van der Waals surface area contributed by atoms with Gasteiger partial charge in [0.15, 0.2) is 0 Å². The van der Waals surface area contributed by atoms with Crippen LogP contribution in [0, 0.1) is 5.92 Å². The minimum absolute atomic E-state index is 0.0447. The largest absolute Gasteiger partial charge is 0.399 e. The minimum Gasteiger partial charge on any atom is -0.399 e. The summed E-state index contributed by atoms with van der Waals surface area (Å²) in [5.41, 5.74) is 6.92. The number of hydrogen-bond acceptors (Lipinski definition) is 5. The summed E-state index contributed by atoms with van der Waals surface area (Å²) in [7, 11) is -4.14. The second-order valence-electron chi connectivity index (χ2n) is 6.87. The highest BCUT2D eigenvalue weighted by Gasteiger charge is 2.30. The van der Waals surface area contributed by atoms with Gasteiger partial charge in [0, 0.05) is 12.2 Å². The number of nitrogens with two attached hydrogens (primary N) is 1. The SMILES string of the molecule is CCNC(=O)C(Cc1ccc(N)cc1)C(=O)NS(=O)(=O)c1ccc2ccccc2c1. The van der Waals surface area contributed by atoms with E-state index in [1.54, 1.807) is 49.4 Å². The van der Waals surface area contributed by atoms with E-state index in [-0.39, 0.29) is 11.3 Å². The fourth-order valence-electron chi connectivity index (χ4n) is 3.09. The highest BCUT2D eigenvalue weighted by Crippen LogP contribution is 2.20. The summed E-state index contributed by atoms with van der Waals surface area (Å²) in [6.45, 7) is 2.05. The number of amides is 2. The first kappa shape index (κ1) is 21.3. The van der Waals surface area contributed by atoms with Crippen molar-refractivity contribution in [2.45, 2.75) is 18.2 Å². The van der Waals surface area contributed by atoms with E-state index in [4.69, 9.17) is 5.73 Å². The fraction of sp³-hybridized carbons (Fsp3) is 0.182. The topological polar surface area (TPSA) is 118 Å². The molecule has 7 nitrogen and oxygen atoms in total. The van der Waals surface area contributed by atoms with Gasteiger partial charge >= 0.3 is 0 Å². The van der Waals surface area contributed by atoms with Crippen LogP contribution >= 0.6 is 0 Å². The maximum absolute atomic E-state index is 12.8. The molecule has 0 aliphatic carbocycles. The molecule has 0 saturated carbocycles. The molecular formula is C22H23N3O4S. The maximum Gasteiger partial charge on any atom is 0.264 e. The summed E-state index contributed by atoms with van der Waals surface area (Å²) in [6.07, 6.45) is 0.0468. The van der Waals surface area contributed by atoms with Gasteiger partial charge in [-0.3, -0.25) is 9.59 Å².